The summed E-state index contributed by atoms with van der Waals surface area (Å²) in [5.41, 5.74) is 2.96. The Balaban J connectivity index is 1.28. The van der Waals surface area contributed by atoms with Gasteiger partial charge in [-0.05, 0) is 42.7 Å². The normalized spacial score (nSPS) is 15.5. The monoisotopic (exact) mass is 484 g/mol. The van der Waals surface area contributed by atoms with Crippen molar-refractivity contribution in [2.24, 2.45) is 5.92 Å². The number of hydrogen-bond donors (Lipinski definition) is 1. The average molecular weight is 485 g/mol. The third kappa shape index (κ3) is 5.05. The topological polar surface area (TPSA) is 77.1 Å². The van der Waals surface area contributed by atoms with Gasteiger partial charge in [0.05, 0.1) is 7.11 Å². The van der Waals surface area contributed by atoms with Crippen LogP contribution in [0.15, 0.2) is 72.8 Å². The predicted octanol–water partition coefficient (Wildman–Crippen LogP) is 4.84. The Hall–Kier alpha value is -4.26. The molecule has 3 aromatic rings. The summed E-state index contributed by atoms with van der Waals surface area (Å²) >= 11 is 0. The number of nitrogens with one attached hydrogen (secondary N) is 1. The van der Waals surface area contributed by atoms with Crippen molar-refractivity contribution in [1.29, 1.82) is 0 Å². The molecular formula is C29H28N2O5. The molecule has 2 aliphatic rings. The fraction of sp³-hybridized carbons (Fsp3) is 0.241. The van der Waals surface area contributed by atoms with Crippen LogP contribution in [0.3, 0.4) is 0 Å². The van der Waals surface area contributed by atoms with Gasteiger partial charge < -0.3 is 24.4 Å². The fourth-order valence-corrected chi connectivity index (χ4v) is 4.56. The second kappa shape index (κ2) is 10.6. The Morgan fingerprint density at radius 1 is 0.944 bits per heavy atom. The highest BCUT2D eigenvalue weighted by molar-refractivity contribution is 6.24. The minimum atomic E-state index is -0.169. The van der Waals surface area contributed by atoms with Crippen LogP contribution in [0.25, 0.3) is 11.6 Å². The Morgan fingerprint density at radius 2 is 1.67 bits per heavy atom. The zero-order valence-corrected chi connectivity index (χ0v) is 20.1. The van der Waals surface area contributed by atoms with Gasteiger partial charge in [0.1, 0.15) is 5.75 Å². The van der Waals surface area contributed by atoms with Crippen LogP contribution >= 0.6 is 0 Å². The van der Waals surface area contributed by atoms with Crippen LogP contribution in [-0.4, -0.2) is 43.7 Å². The summed E-state index contributed by atoms with van der Waals surface area (Å²) in [6.45, 7) is 1.21. The predicted molar refractivity (Wildman–Crippen MR) is 138 cm³/mol. The quantitative estimate of drug-likeness (QED) is 0.400. The van der Waals surface area contributed by atoms with E-state index in [9.17, 15) is 9.59 Å². The van der Waals surface area contributed by atoms with E-state index in [1.165, 1.54) is 0 Å². The van der Waals surface area contributed by atoms with Crippen molar-refractivity contribution < 1.29 is 23.8 Å². The molecule has 0 aromatic heterocycles. The van der Waals surface area contributed by atoms with Crippen LogP contribution in [0.1, 0.15) is 24.0 Å². The molecule has 0 unspecified atom stereocenters. The number of hydrogen-bond acceptors (Lipinski definition) is 5. The second-order valence-corrected chi connectivity index (χ2v) is 8.79. The zero-order chi connectivity index (χ0) is 24.9. The van der Waals surface area contributed by atoms with Crippen molar-refractivity contribution in [3.63, 3.8) is 0 Å². The molecule has 1 saturated heterocycles. The van der Waals surface area contributed by atoms with Crippen LogP contribution in [-0.2, 0) is 9.59 Å². The summed E-state index contributed by atoms with van der Waals surface area (Å²) in [6, 6.07) is 22.6. The first-order valence-electron chi connectivity index (χ1n) is 12.0. The maximum atomic E-state index is 13.7. The lowest BCUT2D eigenvalue weighted by Crippen LogP contribution is -2.41. The van der Waals surface area contributed by atoms with Gasteiger partial charge in [-0.15, -0.1) is 0 Å². The van der Waals surface area contributed by atoms with E-state index in [-0.39, 0.29) is 24.5 Å². The van der Waals surface area contributed by atoms with Gasteiger partial charge in [-0.2, -0.15) is 0 Å². The first-order chi connectivity index (χ1) is 17.6. The number of fused-ring (bicyclic) bond motifs is 1. The SMILES string of the molecule is COc1ccccc1/C=C(\C(=O)N1CCC(C(=O)Nc2ccc3c(c2)OCO3)CC1)c1ccccc1. The molecular weight excluding hydrogens is 456 g/mol. The molecule has 2 aliphatic heterocycles. The van der Waals surface area contributed by atoms with E-state index in [1.54, 1.807) is 25.3 Å². The van der Waals surface area contributed by atoms with Gasteiger partial charge in [-0.1, -0.05) is 48.5 Å². The smallest absolute Gasteiger partial charge is 0.254 e. The molecule has 0 aliphatic carbocycles. The molecule has 184 valence electrons. The molecule has 1 fully saturated rings. The van der Waals surface area contributed by atoms with Gasteiger partial charge in [0.2, 0.25) is 12.7 Å². The number of piperidine rings is 1. The third-order valence-electron chi connectivity index (χ3n) is 6.55. The summed E-state index contributed by atoms with van der Waals surface area (Å²) in [5, 5.41) is 2.98. The van der Waals surface area contributed by atoms with Crippen molar-refractivity contribution in [1.82, 2.24) is 4.90 Å². The van der Waals surface area contributed by atoms with Crippen LogP contribution in [0.2, 0.25) is 0 Å². The Labute approximate surface area is 210 Å². The molecule has 0 spiro atoms. The summed E-state index contributed by atoms with van der Waals surface area (Å²) in [4.78, 5) is 28.4. The Bertz CT molecular complexity index is 1280. The van der Waals surface area contributed by atoms with Crippen molar-refractivity contribution in [3.8, 4) is 17.2 Å². The maximum absolute atomic E-state index is 13.7. The molecule has 2 amide bonds. The van der Waals surface area contributed by atoms with E-state index < -0.39 is 0 Å². The molecule has 0 saturated carbocycles. The van der Waals surface area contributed by atoms with E-state index in [0.717, 1.165) is 11.1 Å². The van der Waals surface area contributed by atoms with Crippen molar-refractivity contribution in [3.05, 3.63) is 83.9 Å². The molecule has 0 atom stereocenters. The van der Waals surface area contributed by atoms with Gasteiger partial charge in [-0.3, -0.25) is 9.59 Å². The van der Waals surface area contributed by atoms with E-state index in [0.29, 0.717) is 54.4 Å². The molecule has 7 heteroatoms. The highest BCUT2D eigenvalue weighted by Gasteiger charge is 2.29. The molecule has 0 radical (unpaired) electrons. The molecule has 5 rings (SSSR count). The number of para-hydroxylation sites is 1. The molecule has 36 heavy (non-hydrogen) atoms. The number of amides is 2. The first-order valence-corrected chi connectivity index (χ1v) is 12.0. The van der Waals surface area contributed by atoms with E-state index in [2.05, 4.69) is 5.32 Å². The molecule has 1 N–H and O–H groups in total. The standard InChI is InChI=1S/C29H28N2O5/c1-34-25-10-6-5-9-22(25)17-24(20-7-3-2-4-8-20)29(33)31-15-13-21(14-16-31)28(32)30-23-11-12-26-27(18-23)36-19-35-26/h2-12,17-18,21H,13-16,19H2,1H3,(H,30,32)/b24-17-. The van der Waals surface area contributed by atoms with E-state index in [4.69, 9.17) is 14.2 Å². The second-order valence-electron chi connectivity index (χ2n) is 8.79. The van der Waals surface area contributed by atoms with Gasteiger partial charge in [0.15, 0.2) is 11.5 Å². The van der Waals surface area contributed by atoms with Gasteiger partial charge in [0, 0.05) is 41.9 Å². The lowest BCUT2D eigenvalue weighted by molar-refractivity contribution is -0.129. The molecule has 2 heterocycles. The minimum absolute atomic E-state index is 0.0474. The van der Waals surface area contributed by atoms with Gasteiger partial charge in [-0.25, -0.2) is 0 Å². The molecule has 7 nitrogen and oxygen atoms in total. The van der Waals surface area contributed by atoms with E-state index >= 15 is 0 Å². The highest BCUT2D eigenvalue weighted by atomic mass is 16.7. The third-order valence-corrected chi connectivity index (χ3v) is 6.55. The summed E-state index contributed by atoms with van der Waals surface area (Å²) < 4.78 is 16.2. The molecule has 3 aromatic carbocycles. The lowest BCUT2D eigenvalue weighted by atomic mass is 9.94. The van der Waals surface area contributed by atoms with Crippen LogP contribution < -0.4 is 19.5 Å². The Morgan fingerprint density at radius 3 is 2.44 bits per heavy atom. The zero-order valence-electron chi connectivity index (χ0n) is 20.1. The van der Waals surface area contributed by atoms with Gasteiger partial charge in [0.25, 0.3) is 5.91 Å². The minimum Gasteiger partial charge on any atom is -0.496 e. The van der Waals surface area contributed by atoms with Gasteiger partial charge >= 0.3 is 0 Å². The number of anilines is 1. The van der Waals surface area contributed by atoms with E-state index in [1.807, 2.05) is 65.6 Å². The first kappa shape index (κ1) is 23.5. The number of rotatable bonds is 6. The highest BCUT2D eigenvalue weighted by Crippen LogP contribution is 2.35. The van der Waals surface area contributed by atoms with Crippen molar-refractivity contribution >= 4 is 29.2 Å². The fourth-order valence-electron chi connectivity index (χ4n) is 4.56. The summed E-state index contributed by atoms with van der Waals surface area (Å²) in [5.74, 6) is 1.74. The average Bonchev–Trinajstić information content (AvgIpc) is 3.40. The molecule has 0 bridgehead atoms. The van der Waals surface area contributed by atoms with Crippen LogP contribution in [0.5, 0.6) is 17.2 Å². The number of nitrogens with zero attached hydrogens (tertiary/aromatic N) is 1. The number of ether oxygens (including phenoxy) is 3. The number of carbonyl (C=O) groups is 2. The number of likely N-dealkylation sites (tertiary alicyclic amines) is 1. The van der Waals surface area contributed by atoms with Crippen LogP contribution in [0.4, 0.5) is 5.69 Å². The lowest BCUT2D eigenvalue weighted by Gasteiger charge is -2.32. The number of methoxy groups -OCH3 is 1. The summed E-state index contributed by atoms with van der Waals surface area (Å²) in [7, 11) is 1.62. The number of carbonyl (C=O) groups excluding carboxylic acids is 2. The van der Waals surface area contributed by atoms with Crippen LogP contribution in [0, 0.1) is 5.92 Å². The maximum Gasteiger partial charge on any atom is 0.254 e. The Kier molecular flexibility index (Phi) is 6.89. The van der Waals surface area contributed by atoms with Crippen molar-refractivity contribution in [2.75, 3.05) is 32.3 Å². The van der Waals surface area contributed by atoms with Crippen molar-refractivity contribution in [2.45, 2.75) is 12.8 Å². The number of benzene rings is 3. The largest absolute Gasteiger partial charge is 0.496 e. The summed E-state index contributed by atoms with van der Waals surface area (Å²) in [6.07, 6.45) is 3.08.